The second-order valence-corrected chi connectivity index (χ2v) is 7.84. The highest BCUT2D eigenvalue weighted by atomic mass is 35.5. The number of nitrogens with two attached hydrogens (primary N) is 1. The fourth-order valence-electron chi connectivity index (χ4n) is 2.05. The number of nitrogen functional groups attached to an aromatic ring is 1. The molecule has 0 aliphatic heterocycles. The van der Waals surface area contributed by atoms with Crippen LogP contribution in [-0.2, 0) is 16.3 Å². The molecule has 4 nitrogen and oxygen atoms in total. The van der Waals surface area contributed by atoms with Crippen molar-refractivity contribution in [3.63, 3.8) is 0 Å². The third kappa shape index (κ3) is 4.06. The Morgan fingerprint density at radius 3 is 2.32 bits per heavy atom. The first kappa shape index (κ1) is 16.9. The number of hydrogen-bond acceptors (Lipinski definition) is 4. The van der Waals surface area contributed by atoms with Gasteiger partial charge in [-0.25, -0.2) is 8.42 Å². The van der Waals surface area contributed by atoms with Crippen molar-refractivity contribution in [3.05, 3.63) is 52.0 Å². The smallest absolute Gasteiger partial charge is 0.178 e. The topological polar surface area (TPSA) is 80.4 Å². The van der Waals surface area contributed by atoms with E-state index in [1.165, 1.54) is 12.1 Å². The monoisotopic (exact) mass is 359 g/mol. The number of phenolic OH excluding ortho intramolecular Hbond substituents is 1. The van der Waals surface area contributed by atoms with Crippen molar-refractivity contribution in [2.24, 2.45) is 0 Å². The second-order valence-electron chi connectivity index (χ2n) is 4.89. The van der Waals surface area contributed by atoms with Crippen molar-refractivity contribution in [2.45, 2.75) is 17.7 Å². The molecule has 3 N–H and O–H groups in total. The van der Waals surface area contributed by atoms with Crippen LogP contribution in [0.1, 0.15) is 12.0 Å². The number of anilines is 1. The molecule has 0 bridgehead atoms. The molecule has 0 spiro atoms. The van der Waals surface area contributed by atoms with E-state index in [9.17, 15) is 13.5 Å². The lowest BCUT2D eigenvalue weighted by Gasteiger charge is -2.07. The Hall–Kier alpha value is -1.43. The maximum Gasteiger partial charge on any atom is 0.178 e. The highest BCUT2D eigenvalue weighted by Crippen LogP contribution is 2.31. The first-order valence-electron chi connectivity index (χ1n) is 6.55. The fraction of sp³-hybridized carbons (Fsp3) is 0.200. The van der Waals surface area contributed by atoms with Crippen LogP contribution in [0.3, 0.4) is 0 Å². The first-order valence-corrected chi connectivity index (χ1v) is 8.95. The molecule has 0 atom stereocenters. The average molecular weight is 360 g/mol. The van der Waals surface area contributed by atoms with E-state index in [2.05, 4.69) is 0 Å². The molecule has 2 rings (SSSR count). The molecule has 22 heavy (non-hydrogen) atoms. The third-order valence-electron chi connectivity index (χ3n) is 3.20. The van der Waals surface area contributed by atoms with Crippen molar-refractivity contribution in [3.8, 4) is 5.75 Å². The van der Waals surface area contributed by atoms with Crippen LogP contribution in [0.25, 0.3) is 0 Å². The van der Waals surface area contributed by atoms with Crippen LogP contribution < -0.4 is 5.73 Å². The summed E-state index contributed by atoms with van der Waals surface area (Å²) in [6.07, 6.45) is 0.919. The van der Waals surface area contributed by atoms with Gasteiger partial charge in [-0.1, -0.05) is 23.2 Å². The van der Waals surface area contributed by atoms with Crippen LogP contribution in [0.15, 0.2) is 41.3 Å². The molecule has 2 aromatic rings. The largest absolute Gasteiger partial charge is 0.504 e. The van der Waals surface area contributed by atoms with Gasteiger partial charge in [0.2, 0.25) is 0 Å². The SMILES string of the molecule is Nc1cc(CCCS(=O)(=O)c2ccc(Cl)cc2)cc(Cl)c1O. The van der Waals surface area contributed by atoms with E-state index in [0.717, 1.165) is 5.56 Å². The number of rotatable bonds is 5. The molecule has 7 heteroatoms. The van der Waals surface area contributed by atoms with E-state index >= 15 is 0 Å². The molecule has 0 aliphatic carbocycles. The molecular weight excluding hydrogens is 345 g/mol. The number of hydrogen-bond donors (Lipinski definition) is 2. The first-order chi connectivity index (χ1) is 10.3. The van der Waals surface area contributed by atoms with Gasteiger partial charge in [0.15, 0.2) is 15.6 Å². The minimum atomic E-state index is -3.35. The summed E-state index contributed by atoms with van der Waals surface area (Å²) in [7, 11) is -3.35. The lowest BCUT2D eigenvalue weighted by molar-refractivity contribution is 0.478. The van der Waals surface area contributed by atoms with Gasteiger partial charge in [0.25, 0.3) is 0 Å². The summed E-state index contributed by atoms with van der Waals surface area (Å²) in [5.74, 6) is -0.147. The summed E-state index contributed by atoms with van der Waals surface area (Å²) in [4.78, 5) is 0.250. The number of sulfone groups is 1. The van der Waals surface area contributed by atoms with Gasteiger partial charge in [0.05, 0.1) is 21.4 Å². The molecule has 0 saturated carbocycles. The van der Waals surface area contributed by atoms with Crippen molar-refractivity contribution >= 4 is 38.7 Å². The highest BCUT2D eigenvalue weighted by molar-refractivity contribution is 7.91. The van der Waals surface area contributed by atoms with E-state index < -0.39 is 9.84 Å². The van der Waals surface area contributed by atoms with E-state index in [0.29, 0.717) is 17.9 Å². The fourth-order valence-corrected chi connectivity index (χ4v) is 3.74. The summed E-state index contributed by atoms with van der Waals surface area (Å²) in [5, 5.41) is 10.1. The van der Waals surface area contributed by atoms with Crippen LogP contribution in [0.4, 0.5) is 5.69 Å². The third-order valence-corrected chi connectivity index (χ3v) is 5.56. The molecule has 0 radical (unpaired) electrons. The van der Waals surface area contributed by atoms with Crippen LogP contribution in [0, 0.1) is 0 Å². The van der Waals surface area contributed by atoms with Crippen molar-refractivity contribution in [2.75, 3.05) is 11.5 Å². The Labute approximate surface area is 139 Å². The molecule has 0 aromatic heterocycles. The van der Waals surface area contributed by atoms with Gasteiger partial charge < -0.3 is 10.8 Å². The maximum absolute atomic E-state index is 12.2. The molecule has 0 saturated heterocycles. The van der Waals surface area contributed by atoms with E-state index in [4.69, 9.17) is 28.9 Å². The predicted octanol–water partition coefficient (Wildman–Crippen LogP) is 3.69. The van der Waals surface area contributed by atoms with Crippen LogP contribution in [-0.4, -0.2) is 19.3 Å². The molecule has 2 aromatic carbocycles. The van der Waals surface area contributed by atoms with Gasteiger partial charge in [-0.2, -0.15) is 0 Å². The van der Waals surface area contributed by atoms with Gasteiger partial charge >= 0.3 is 0 Å². The van der Waals surface area contributed by atoms with Gasteiger partial charge in [-0.15, -0.1) is 0 Å². The molecule has 0 heterocycles. The summed E-state index contributed by atoms with van der Waals surface area (Å²) >= 11 is 11.6. The number of benzene rings is 2. The highest BCUT2D eigenvalue weighted by Gasteiger charge is 2.14. The lowest BCUT2D eigenvalue weighted by Crippen LogP contribution is -2.07. The normalized spacial score (nSPS) is 11.5. The van der Waals surface area contributed by atoms with Gasteiger partial charge in [-0.3, -0.25) is 0 Å². The maximum atomic E-state index is 12.2. The Morgan fingerprint density at radius 1 is 1.09 bits per heavy atom. The van der Waals surface area contributed by atoms with Crippen molar-refractivity contribution in [1.29, 1.82) is 0 Å². The number of aryl methyl sites for hydroxylation is 1. The number of halogens is 2. The summed E-state index contributed by atoms with van der Waals surface area (Å²) < 4.78 is 24.4. The molecule has 0 amide bonds. The van der Waals surface area contributed by atoms with E-state index in [1.807, 2.05) is 0 Å². The predicted molar refractivity (Wildman–Crippen MR) is 89.4 cm³/mol. The Bertz CT molecular complexity index is 751. The Morgan fingerprint density at radius 2 is 1.73 bits per heavy atom. The molecular formula is C15H15Cl2NO3S. The zero-order valence-electron chi connectivity index (χ0n) is 11.6. The Kier molecular flexibility index (Phi) is 5.21. The number of aromatic hydroxyl groups is 1. The van der Waals surface area contributed by atoms with Crippen LogP contribution >= 0.6 is 23.2 Å². The van der Waals surface area contributed by atoms with Gasteiger partial charge in [-0.05, 0) is 54.8 Å². The zero-order valence-corrected chi connectivity index (χ0v) is 13.9. The summed E-state index contributed by atoms with van der Waals surface area (Å²) in [6.45, 7) is 0. The summed E-state index contributed by atoms with van der Waals surface area (Å²) in [6, 6.07) is 9.27. The minimum Gasteiger partial charge on any atom is -0.504 e. The number of phenols is 1. The standard InChI is InChI=1S/C15H15Cl2NO3S/c16-11-3-5-12(6-4-11)22(20,21)7-1-2-10-8-13(17)15(19)14(18)9-10/h3-6,8-9,19H,1-2,7,18H2. The van der Waals surface area contributed by atoms with E-state index in [1.54, 1.807) is 24.3 Å². The zero-order chi connectivity index (χ0) is 16.3. The quantitative estimate of drug-likeness (QED) is 0.630. The van der Waals surface area contributed by atoms with Gasteiger partial charge in [0.1, 0.15) is 0 Å². The second kappa shape index (κ2) is 6.77. The Balaban J connectivity index is 2.03. The summed E-state index contributed by atoms with van der Waals surface area (Å²) in [5.41, 5.74) is 6.59. The van der Waals surface area contributed by atoms with Gasteiger partial charge in [0, 0.05) is 5.02 Å². The lowest BCUT2D eigenvalue weighted by atomic mass is 10.1. The van der Waals surface area contributed by atoms with E-state index in [-0.39, 0.29) is 27.1 Å². The molecule has 0 unspecified atom stereocenters. The average Bonchev–Trinajstić information content (AvgIpc) is 2.45. The minimum absolute atomic E-state index is 0.00698. The molecule has 0 fully saturated rings. The van der Waals surface area contributed by atoms with Crippen LogP contribution in [0.2, 0.25) is 10.0 Å². The van der Waals surface area contributed by atoms with Crippen molar-refractivity contribution in [1.82, 2.24) is 0 Å². The van der Waals surface area contributed by atoms with Crippen LogP contribution in [0.5, 0.6) is 5.75 Å². The van der Waals surface area contributed by atoms with Crippen molar-refractivity contribution < 1.29 is 13.5 Å². The molecule has 0 aliphatic rings. The molecule has 118 valence electrons.